The van der Waals surface area contributed by atoms with Crippen LogP contribution in [0.5, 0.6) is 0 Å². The minimum atomic E-state index is -0.279. The fourth-order valence-electron chi connectivity index (χ4n) is 6.70. The Balaban J connectivity index is 1.28. The molecule has 1 atom stereocenters. The maximum atomic E-state index is 14.4. The summed E-state index contributed by atoms with van der Waals surface area (Å²) < 4.78 is 8.64. The number of carbonyl (C=O) groups is 4. The predicted molar refractivity (Wildman–Crippen MR) is 187 cm³/mol. The van der Waals surface area contributed by atoms with Crippen LogP contribution in [-0.2, 0) is 34.2 Å². The van der Waals surface area contributed by atoms with Crippen molar-refractivity contribution in [3.05, 3.63) is 89.4 Å². The smallest absolute Gasteiger partial charge is 0.272 e. The minimum absolute atomic E-state index is 0.104. The van der Waals surface area contributed by atoms with Crippen LogP contribution in [-0.4, -0.2) is 105 Å². The largest absolute Gasteiger partial charge is 0.383 e. The van der Waals surface area contributed by atoms with E-state index in [9.17, 15) is 19.2 Å². The van der Waals surface area contributed by atoms with Crippen molar-refractivity contribution in [2.24, 2.45) is 7.05 Å². The number of aryl methyl sites for hydroxylation is 1. The lowest BCUT2D eigenvalue weighted by atomic mass is 9.91. The van der Waals surface area contributed by atoms with E-state index in [0.717, 1.165) is 22.5 Å². The number of rotatable bonds is 6. The van der Waals surface area contributed by atoms with Crippen LogP contribution in [0.15, 0.2) is 66.7 Å². The second-order valence-electron chi connectivity index (χ2n) is 12.7. The number of methoxy groups -OCH3 is 1. The van der Waals surface area contributed by atoms with E-state index in [1.165, 1.54) is 4.90 Å². The third kappa shape index (κ3) is 7.94. The van der Waals surface area contributed by atoms with E-state index in [0.29, 0.717) is 68.8 Å². The first kappa shape index (κ1) is 34.6. The number of benzene rings is 2. The normalized spacial score (nSPS) is 17.9. The Kier molecular flexibility index (Phi) is 11.0. The number of ether oxygens (including phenoxy) is 1. The van der Waals surface area contributed by atoms with Crippen LogP contribution in [0.25, 0.3) is 16.9 Å². The van der Waals surface area contributed by atoms with E-state index in [1.807, 2.05) is 67.7 Å². The van der Waals surface area contributed by atoms with E-state index in [1.54, 1.807) is 27.4 Å². The molecule has 50 heavy (non-hydrogen) atoms. The summed E-state index contributed by atoms with van der Waals surface area (Å²) in [6, 6.07) is 20.8. The van der Waals surface area contributed by atoms with Gasteiger partial charge in [0, 0.05) is 69.6 Å². The summed E-state index contributed by atoms with van der Waals surface area (Å²) >= 11 is 0. The van der Waals surface area contributed by atoms with Gasteiger partial charge in [0.25, 0.3) is 11.8 Å². The number of hydrogen-bond donors (Lipinski definition) is 2. The monoisotopic (exact) mass is 680 g/mol. The molecule has 13 heteroatoms. The fourth-order valence-corrected chi connectivity index (χ4v) is 6.70. The lowest BCUT2D eigenvalue weighted by molar-refractivity contribution is -0.137. The van der Waals surface area contributed by atoms with Crippen molar-refractivity contribution in [3.8, 4) is 16.9 Å². The maximum absolute atomic E-state index is 14.4. The second kappa shape index (κ2) is 15.9. The SMILES string of the molecule is COCCN1CC(=O)NC2CCc3c(c(nn3C)C(=O)NCCCN(C(=O)c3cc(-c4ccccc4)nn3-c3ccccc3)CCCC1=O)C2. The molecule has 4 aromatic rings. The zero-order valence-electron chi connectivity index (χ0n) is 28.6. The number of nitrogens with one attached hydrogen (secondary N) is 2. The van der Waals surface area contributed by atoms with Gasteiger partial charge in [0.15, 0.2) is 5.69 Å². The highest BCUT2D eigenvalue weighted by atomic mass is 16.5. The third-order valence-corrected chi connectivity index (χ3v) is 9.28. The van der Waals surface area contributed by atoms with Gasteiger partial charge in [0.2, 0.25) is 11.8 Å². The molecule has 2 N–H and O–H groups in total. The summed E-state index contributed by atoms with van der Waals surface area (Å²) in [6.07, 6.45) is 2.89. The Morgan fingerprint density at radius 1 is 0.960 bits per heavy atom. The summed E-state index contributed by atoms with van der Waals surface area (Å²) in [4.78, 5) is 57.7. The van der Waals surface area contributed by atoms with Gasteiger partial charge in [0.1, 0.15) is 5.69 Å². The highest BCUT2D eigenvalue weighted by Gasteiger charge is 2.30. The van der Waals surface area contributed by atoms with Gasteiger partial charge < -0.3 is 25.2 Å². The Morgan fingerprint density at radius 3 is 2.46 bits per heavy atom. The molecule has 6 rings (SSSR count). The second-order valence-corrected chi connectivity index (χ2v) is 12.7. The molecule has 3 heterocycles. The van der Waals surface area contributed by atoms with Gasteiger partial charge >= 0.3 is 0 Å². The van der Waals surface area contributed by atoms with Crippen LogP contribution in [0, 0.1) is 0 Å². The first-order valence-corrected chi connectivity index (χ1v) is 17.2. The Hall–Kier alpha value is -5.30. The molecule has 0 radical (unpaired) electrons. The average Bonchev–Trinajstić information content (AvgIpc) is 3.72. The number of para-hydroxylation sites is 1. The Bertz CT molecular complexity index is 1820. The minimum Gasteiger partial charge on any atom is -0.383 e. The number of hydrogen-bond acceptors (Lipinski definition) is 7. The lowest BCUT2D eigenvalue weighted by Crippen LogP contribution is -2.47. The molecular formula is C37H44N8O5. The first-order valence-electron chi connectivity index (χ1n) is 17.2. The maximum Gasteiger partial charge on any atom is 0.272 e. The van der Waals surface area contributed by atoms with E-state index in [-0.39, 0.29) is 55.8 Å². The summed E-state index contributed by atoms with van der Waals surface area (Å²) in [5.41, 5.74) is 4.84. The number of aromatic nitrogens is 4. The quantitative estimate of drug-likeness (QED) is 0.319. The van der Waals surface area contributed by atoms with Gasteiger partial charge in [-0.25, -0.2) is 4.68 Å². The van der Waals surface area contributed by atoms with Gasteiger partial charge in [-0.1, -0.05) is 48.5 Å². The summed E-state index contributed by atoms with van der Waals surface area (Å²) in [5, 5.41) is 15.4. The van der Waals surface area contributed by atoms with Crippen LogP contribution in [0.1, 0.15) is 57.9 Å². The Labute approximate surface area is 291 Å². The molecule has 2 bridgehead atoms. The highest BCUT2D eigenvalue weighted by Crippen LogP contribution is 2.25. The molecule has 1 aliphatic heterocycles. The summed E-state index contributed by atoms with van der Waals surface area (Å²) in [5.74, 6) is -0.964. The van der Waals surface area contributed by atoms with Crippen LogP contribution >= 0.6 is 0 Å². The molecular weight excluding hydrogens is 636 g/mol. The lowest BCUT2D eigenvalue weighted by Gasteiger charge is -2.27. The van der Waals surface area contributed by atoms with Crippen LogP contribution in [0.3, 0.4) is 0 Å². The summed E-state index contributed by atoms with van der Waals surface area (Å²) in [7, 11) is 3.39. The van der Waals surface area contributed by atoms with Gasteiger partial charge in [-0.2, -0.15) is 10.2 Å². The molecule has 0 saturated carbocycles. The first-order chi connectivity index (χ1) is 24.3. The zero-order valence-corrected chi connectivity index (χ0v) is 28.6. The molecule has 262 valence electrons. The molecule has 2 aromatic heterocycles. The molecule has 2 aliphatic rings. The standard InChI is InChI=1S/C37H44N8O5/c1-42-31-17-16-27-23-29(31)35(41-42)36(48)38-18-10-20-43(19-9-15-34(47)44(21-22-50-2)25-33(46)39-27)37(49)32-24-30(26-11-5-3-6-12-26)40-45(32)28-13-7-4-8-14-28/h3-8,11-14,24,27H,9-10,15-23,25H2,1-2H3,(H,38,48)(H,39,46). The predicted octanol–water partition coefficient (Wildman–Crippen LogP) is 2.78. The van der Waals surface area contributed by atoms with Crippen molar-refractivity contribution in [2.75, 3.05) is 46.4 Å². The van der Waals surface area contributed by atoms with Crippen molar-refractivity contribution in [2.45, 2.75) is 44.6 Å². The molecule has 4 amide bonds. The highest BCUT2D eigenvalue weighted by molar-refractivity contribution is 5.95. The molecule has 0 spiro atoms. The van der Waals surface area contributed by atoms with Crippen molar-refractivity contribution in [1.82, 2.24) is 40.0 Å². The number of nitrogens with zero attached hydrogens (tertiary/aromatic N) is 6. The van der Waals surface area contributed by atoms with Crippen LogP contribution in [0.2, 0.25) is 0 Å². The van der Waals surface area contributed by atoms with Crippen LogP contribution in [0.4, 0.5) is 0 Å². The third-order valence-electron chi connectivity index (χ3n) is 9.28. The average molecular weight is 681 g/mol. The Morgan fingerprint density at radius 2 is 1.70 bits per heavy atom. The van der Waals surface area contributed by atoms with Crippen LogP contribution < -0.4 is 10.6 Å². The molecule has 13 nitrogen and oxygen atoms in total. The van der Waals surface area contributed by atoms with E-state index < -0.39 is 0 Å². The molecule has 1 aliphatic carbocycles. The van der Waals surface area contributed by atoms with Crippen molar-refractivity contribution >= 4 is 23.6 Å². The fraction of sp³-hybridized carbons (Fsp3) is 0.405. The topological polar surface area (TPSA) is 144 Å². The van der Waals surface area contributed by atoms with Gasteiger partial charge in [-0.15, -0.1) is 0 Å². The number of carbonyl (C=O) groups excluding carboxylic acids is 4. The van der Waals surface area contributed by atoms with Gasteiger partial charge in [-0.05, 0) is 50.3 Å². The van der Waals surface area contributed by atoms with Crippen molar-refractivity contribution in [1.29, 1.82) is 0 Å². The summed E-state index contributed by atoms with van der Waals surface area (Å²) in [6.45, 7) is 1.41. The van der Waals surface area contributed by atoms with Crippen molar-refractivity contribution in [3.63, 3.8) is 0 Å². The number of amides is 4. The van der Waals surface area contributed by atoms with E-state index in [4.69, 9.17) is 9.84 Å². The van der Waals surface area contributed by atoms with Crippen molar-refractivity contribution < 1.29 is 23.9 Å². The van der Waals surface area contributed by atoms with Gasteiger partial charge in [0.05, 0.1) is 24.5 Å². The molecule has 0 fully saturated rings. The zero-order chi connectivity index (χ0) is 35.0. The van der Waals surface area contributed by atoms with Gasteiger partial charge in [-0.3, -0.25) is 23.9 Å². The molecule has 0 saturated heterocycles. The van der Waals surface area contributed by atoms with E-state index >= 15 is 0 Å². The number of fused-ring (bicyclic) bond motifs is 1. The molecule has 2 aromatic carbocycles. The van der Waals surface area contributed by atoms with E-state index in [2.05, 4.69) is 15.7 Å². The molecule has 1 unspecified atom stereocenters.